The summed E-state index contributed by atoms with van der Waals surface area (Å²) in [7, 11) is 1.51. The van der Waals surface area contributed by atoms with E-state index in [0.717, 1.165) is 5.56 Å². The van der Waals surface area contributed by atoms with Crippen molar-refractivity contribution < 1.29 is 23.8 Å². The van der Waals surface area contributed by atoms with Gasteiger partial charge in [0.05, 0.1) is 12.7 Å². The van der Waals surface area contributed by atoms with E-state index in [-0.39, 0.29) is 24.2 Å². The number of aliphatic carboxylic acids is 1. The zero-order valence-corrected chi connectivity index (χ0v) is 17.4. The Kier molecular flexibility index (Phi) is 7.29. The lowest BCUT2D eigenvalue weighted by Gasteiger charge is -2.39. The Morgan fingerprint density at radius 1 is 1.13 bits per heavy atom. The van der Waals surface area contributed by atoms with Crippen LogP contribution in [0.3, 0.4) is 0 Å². The van der Waals surface area contributed by atoms with E-state index >= 15 is 0 Å². The Morgan fingerprint density at radius 3 is 2.40 bits per heavy atom. The Labute approximate surface area is 179 Å². The number of carbonyl (C=O) groups excluding carboxylic acids is 1. The number of rotatable bonds is 7. The molecule has 2 aromatic rings. The molecule has 0 aromatic heterocycles. The highest BCUT2D eigenvalue weighted by Gasteiger charge is 2.29. The minimum absolute atomic E-state index is 0.0148. The second-order valence-corrected chi connectivity index (χ2v) is 7.61. The molecule has 1 heterocycles. The van der Waals surface area contributed by atoms with Crippen molar-refractivity contribution in [3.8, 4) is 5.75 Å². The summed E-state index contributed by atoms with van der Waals surface area (Å²) >= 11 is 6.05. The quantitative estimate of drug-likeness (QED) is 0.716. The van der Waals surface area contributed by atoms with Crippen LogP contribution in [0.5, 0.6) is 5.75 Å². The van der Waals surface area contributed by atoms with Gasteiger partial charge in [0.25, 0.3) is 5.91 Å². The molecule has 8 heteroatoms. The summed E-state index contributed by atoms with van der Waals surface area (Å²) in [5, 5.41) is 9.57. The smallest absolute Gasteiger partial charge is 0.303 e. The van der Waals surface area contributed by atoms with Crippen molar-refractivity contribution in [2.24, 2.45) is 0 Å². The van der Waals surface area contributed by atoms with Crippen LogP contribution < -0.4 is 4.74 Å². The third kappa shape index (κ3) is 5.29. The monoisotopic (exact) mass is 434 g/mol. The van der Waals surface area contributed by atoms with Gasteiger partial charge in [-0.15, -0.1) is 0 Å². The first kappa shape index (κ1) is 22.1. The molecule has 0 bridgehead atoms. The van der Waals surface area contributed by atoms with Crippen LogP contribution in [0.1, 0.15) is 34.8 Å². The van der Waals surface area contributed by atoms with E-state index in [1.165, 1.54) is 19.2 Å². The summed E-state index contributed by atoms with van der Waals surface area (Å²) in [4.78, 5) is 28.0. The minimum atomic E-state index is -0.871. The molecule has 0 saturated carbocycles. The topological polar surface area (TPSA) is 70.1 Å². The predicted octanol–water partition coefficient (Wildman–Crippen LogP) is 3.85. The van der Waals surface area contributed by atoms with Crippen LogP contribution in [-0.2, 0) is 4.79 Å². The van der Waals surface area contributed by atoms with Gasteiger partial charge in [0.15, 0.2) is 0 Å². The summed E-state index contributed by atoms with van der Waals surface area (Å²) in [6, 6.07) is 10.9. The van der Waals surface area contributed by atoms with E-state index in [4.69, 9.17) is 21.4 Å². The number of nitrogens with zero attached hydrogens (tertiary/aromatic N) is 2. The number of benzene rings is 2. The highest BCUT2D eigenvalue weighted by Crippen LogP contribution is 2.29. The van der Waals surface area contributed by atoms with Gasteiger partial charge >= 0.3 is 5.97 Å². The van der Waals surface area contributed by atoms with Gasteiger partial charge in [-0.25, -0.2) is 4.39 Å². The average molecular weight is 435 g/mol. The molecule has 0 unspecified atom stereocenters. The molecule has 30 heavy (non-hydrogen) atoms. The van der Waals surface area contributed by atoms with Crippen molar-refractivity contribution in [1.29, 1.82) is 0 Å². The Hall–Kier alpha value is -2.64. The highest BCUT2D eigenvalue weighted by atomic mass is 35.5. The molecule has 1 N–H and O–H groups in total. The Bertz CT molecular complexity index is 899. The molecule has 0 radical (unpaired) electrons. The molecule has 1 atom stereocenters. The summed E-state index contributed by atoms with van der Waals surface area (Å²) in [5.41, 5.74) is 1.29. The Balaban J connectivity index is 1.71. The number of carboxylic acid groups (broad SMARTS) is 1. The number of methoxy groups -OCH3 is 1. The second kappa shape index (κ2) is 9.91. The molecule has 1 saturated heterocycles. The maximum Gasteiger partial charge on any atom is 0.303 e. The van der Waals surface area contributed by atoms with Crippen molar-refractivity contribution in [3.05, 3.63) is 64.4 Å². The molecule has 160 valence electrons. The standard InChI is InChI=1S/C22H24ClFN2O4/c1-30-20-8-4-16(23)14-18(20)22(29)26-12-10-25(11-13-26)19(7-9-21(27)28)15-2-5-17(24)6-3-15/h2-6,8,14,19H,7,9-13H2,1H3,(H,27,28)/t19-/m1/s1. The third-order valence-corrected chi connectivity index (χ3v) is 5.56. The first-order valence-corrected chi connectivity index (χ1v) is 10.1. The van der Waals surface area contributed by atoms with Gasteiger partial charge < -0.3 is 14.7 Å². The second-order valence-electron chi connectivity index (χ2n) is 7.17. The van der Waals surface area contributed by atoms with Gasteiger partial charge in [0.2, 0.25) is 0 Å². The van der Waals surface area contributed by atoms with Crippen LogP contribution in [0.15, 0.2) is 42.5 Å². The molecule has 0 spiro atoms. The molecule has 2 aromatic carbocycles. The van der Waals surface area contributed by atoms with E-state index in [0.29, 0.717) is 48.9 Å². The SMILES string of the molecule is COc1ccc(Cl)cc1C(=O)N1CCN([C@H](CCC(=O)O)c2ccc(F)cc2)CC1. The van der Waals surface area contributed by atoms with Crippen LogP contribution in [0.25, 0.3) is 0 Å². The number of hydrogen-bond donors (Lipinski definition) is 1. The van der Waals surface area contributed by atoms with E-state index < -0.39 is 5.97 Å². The first-order valence-electron chi connectivity index (χ1n) is 9.73. The number of halogens is 2. The van der Waals surface area contributed by atoms with Crippen LogP contribution >= 0.6 is 11.6 Å². The molecule has 1 amide bonds. The Morgan fingerprint density at radius 2 is 1.80 bits per heavy atom. The maximum absolute atomic E-state index is 13.3. The zero-order valence-electron chi connectivity index (χ0n) is 16.7. The molecule has 6 nitrogen and oxygen atoms in total. The molecular weight excluding hydrogens is 411 g/mol. The van der Waals surface area contributed by atoms with Crippen LogP contribution in [0, 0.1) is 5.82 Å². The molecule has 0 aliphatic carbocycles. The minimum Gasteiger partial charge on any atom is -0.496 e. The van der Waals surface area contributed by atoms with Gasteiger partial charge in [0.1, 0.15) is 11.6 Å². The van der Waals surface area contributed by atoms with Gasteiger partial charge in [-0.2, -0.15) is 0 Å². The molecule has 3 rings (SSSR count). The van der Waals surface area contributed by atoms with Crippen molar-refractivity contribution in [1.82, 2.24) is 9.80 Å². The maximum atomic E-state index is 13.3. The molecule has 1 aliphatic heterocycles. The average Bonchev–Trinajstić information content (AvgIpc) is 2.75. The number of piperazine rings is 1. The normalized spacial score (nSPS) is 15.6. The van der Waals surface area contributed by atoms with E-state index in [2.05, 4.69) is 4.90 Å². The third-order valence-electron chi connectivity index (χ3n) is 5.32. The van der Waals surface area contributed by atoms with E-state index in [1.54, 1.807) is 35.2 Å². The van der Waals surface area contributed by atoms with Gasteiger partial charge in [-0.3, -0.25) is 14.5 Å². The molecule has 1 aliphatic rings. The van der Waals surface area contributed by atoms with Gasteiger partial charge in [-0.1, -0.05) is 23.7 Å². The van der Waals surface area contributed by atoms with Crippen molar-refractivity contribution in [2.75, 3.05) is 33.3 Å². The number of hydrogen-bond acceptors (Lipinski definition) is 4. The first-order chi connectivity index (χ1) is 14.4. The zero-order chi connectivity index (χ0) is 21.7. The van der Waals surface area contributed by atoms with Crippen molar-refractivity contribution in [3.63, 3.8) is 0 Å². The van der Waals surface area contributed by atoms with Crippen LogP contribution in [-0.4, -0.2) is 60.1 Å². The molecule has 1 fully saturated rings. The summed E-state index contributed by atoms with van der Waals surface area (Å²) < 4.78 is 18.6. The fourth-order valence-corrected chi connectivity index (χ4v) is 3.93. The van der Waals surface area contributed by atoms with Crippen LogP contribution in [0.2, 0.25) is 5.02 Å². The largest absolute Gasteiger partial charge is 0.496 e. The lowest BCUT2D eigenvalue weighted by Crippen LogP contribution is -2.49. The van der Waals surface area contributed by atoms with Crippen LogP contribution in [0.4, 0.5) is 4.39 Å². The predicted molar refractivity (Wildman–Crippen MR) is 111 cm³/mol. The van der Waals surface area contributed by atoms with Crippen molar-refractivity contribution in [2.45, 2.75) is 18.9 Å². The lowest BCUT2D eigenvalue weighted by atomic mass is 9.99. The van der Waals surface area contributed by atoms with Gasteiger partial charge in [0, 0.05) is 43.7 Å². The van der Waals surface area contributed by atoms with Gasteiger partial charge in [-0.05, 0) is 42.3 Å². The lowest BCUT2D eigenvalue weighted by molar-refractivity contribution is -0.137. The fourth-order valence-electron chi connectivity index (χ4n) is 3.76. The highest BCUT2D eigenvalue weighted by molar-refractivity contribution is 6.31. The number of carbonyl (C=O) groups is 2. The number of carboxylic acids is 1. The summed E-state index contributed by atoms with van der Waals surface area (Å²) in [5.74, 6) is -0.888. The van der Waals surface area contributed by atoms with Crippen molar-refractivity contribution >= 4 is 23.5 Å². The number of amides is 1. The fraction of sp³-hybridized carbons (Fsp3) is 0.364. The van der Waals surface area contributed by atoms with E-state index in [1.807, 2.05) is 0 Å². The number of ether oxygens (including phenoxy) is 1. The summed E-state index contributed by atoms with van der Waals surface area (Å²) in [6.07, 6.45) is 0.429. The summed E-state index contributed by atoms with van der Waals surface area (Å²) in [6.45, 7) is 2.13. The van der Waals surface area contributed by atoms with E-state index in [9.17, 15) is 14.0 Å². The molecular formula is C22H24ClFN2O4.